The number of aldehydes is 1. The molecule has 1 heteroatoms. The molecule has 0 spiro atoms. The van der Waals surface area contributed by atoms with Crippen LogP contribution in [0.1, 0.15) is 27.8 Å². The average molecular weight is 252 g/mol. The molecule has 0 fully saturated rings. The molecule has 0 amide bonds. The second-order valence-corrected chi connectivity index (χ2v) is 5.18. The van der Waals surface area contributed by atoms with Crippen molar-refractivity contribution in [3.8, 4) is 0 Å². The van der Waals surface area contributed by atoms with E-state index in [0.29, 0.717) is 6.42 Å². The Morgan fingerprint density at radius 2 is 1.32 bits per heavy atom. The molecule has 0 aliphatic rings. The van der Waals surface area contributed by atoms with Crippen LogP contribution in [-0.4, -0.2) is 6.29 Å². The zero-order valence-electron chi connectivity index (χ0n) is 11.6. The van der Waals surface area contributed by atoms with Crippen LogP contribution in [0.2, 0.25) is 0 Å². The summed E-state index contributed by atoms with van der Waals surface area (Å²) in [5.41, 5.74) is 6.47. The summed E-state index contributed by atoms with van der Waals surface area (Å²) in [6, 6.07) is 15.1. The Hall–Kier alpha value is -1.89. The van der Waals surface area contributed by atoms with Gasteiger partial charge in [-0.3, -0.25) is 0 Å². The van der Waals surface area contributed by atoms with Gasteiger partial charge in [0.25, 0.3) is 0 Å². The Morgan fingerprint density at radius 3 is 1.89 bits per heavy atom. The van der Waals surface area contributed by atoms with Gasteiger partial charge in [-0.05, 0) is 43.4 Å². The van der Waals surface area contributed by atoms with E-state index in [1.165, 1.54) is 22.3 Å². The Bertz CT molecular complexity index is 532. The highest BCUT2D eigenvalue weighted by Gasteiger charge is 1.99. The molecule has 0 radical (unpaired) electrons. The van der Waals surface area contributed by atoms with Crippen molar-refractivity contribution in [2.45, 2.75) is 33.1 Å². The molecule has 0 bridgehead atoms. The van der Waals surface area contributed by atoms with Crippen molar-refractivity contribution in [1.29, 1.82) is 0 Å². The fourth-order valence-electron chi connectivity index (χ4n) is 2.44. The molecule has 0 aromatic heterocycles. The van der Waals surface area contributed by atoms with Gasteiger partial charge in [-0.2, -0.15) is 0 Å². The van der Waals surface area contributed by atoms with E-state index >= 15 is 0 Å². The molecule has 2 aromatic carbocycles. The molecule has 0 N–H and O–H groups in total. The van der Waals surface area contributed by atoms with E-state index in [-0.39, 0.29) is 0 Å². The Kier molecular flexibility index (Phi) is 4.51. The van der Waals surface area contributed by atoms with Crippen LogP contribution in [-0.2, 0) is 24.1 Å². The minimum Gasteiger partial charge on any atom is -0.303 e. The Labute approximate surface area is 115 Å². The highest BCUT2D eigenvalue weighted by Crippen LogP contribution is 2.13. The molecule has 2 rings (SSSR count). The van der Waals surface area contributed by atoms with Crippen molar-refractivity contribution < 1.29 is 4.79 Å². The van der Waals surface area contributed by atoms with E-state index in [1.54, 1.807) is 0 Å². The quantitative estimate of drug-likeness (QED) is 0.739. The van der Waals surface area contributed by atoms with Crippen LogP contribution in [0.4, 0.5) is 0 Å². The highest BCUT2D eigenvalue weighted by atomic mass is 16.1. The number of aryl methyl sites for hydroxylation is 4. The molecule has 0 saturated carbocycles. The Balaban J connectivity index is 1.99. The maximum absolute atomic E-state index is 10.4. The Morgan fingerprint density at radius 1 is 0.789 bits per heavy atom. The lowest BCUT2D eigenvalue weighted by Crippen LogP contribution is -1.94. The molecule has 0 aliphatic carbocycles. The SMILES string of the molecule is Cc1cc(C)cc(CCc2ccc(CC=O)cc2)c1. The van der Waals surface area contributed by atoms with Gasteiger partial charge in [-0.1, -0.05) is 53.6 Å². The summed E-state index contributed by atoms with van der Waals surface area (Å²) in [5, 5.41) is 0. The third-order valence-electron chi connectivity index (χ3n) is 3.33. The molecular formula is C18H20O. The van der Waals surface area contributed by atoms with Gasteiger partial charge in [0.05, 0.1) is 0 Å². The van der Waals surface area contributed by atoms with Gasteiger partial charge in [0.2, 0.25) is 0 Å². The number of hydrogen-bond acceptors (Lipinski definition) is 1. The second-order valence-electron chi connectivity index (χ2n) is 5.18. The van der Waals surface area contributed by atoms with Crippen LogP contribution in [0.15, 0.2) is 42.5 Å². The summed E-state index contributed by atoms with van der Waals surface area (Å²) in [6.07, 6.45) is 3.57. The molecule has 1 nitrogen and oxygen atoms in total. The van der Waals surface area contributed by atoms with Gasteiger partial charge in [0.1, 0.15) is 6.29 Å². The molecular weight excluding hydrogens is 232 g/mol. The fraction of sp³-hybridized carbons (Fsp3) is 0.278. The van der Waals surface area contributed by atoms with Crippen molar-refractivity contribution >= 4 is 6.29 Å². The standard InChI is InChI=1S/C18H20O/c1-14-11-15(2)13-18(12-14)8-7-16-3-5-17(6-4-16)9-10-19/h3-6,10-13H,7-9H2,1-2H3. The lowest BCUT2D eigenvalue weighted by Gasteiger charge is -2.06. The van der Waals surface area contributed by atoms with E-state index in [0.717, 1.165) is 24.7 Å². The maximum Gasteiger partial charge on any atom is 0.124 e. The van der Waals surface area contributed by atoms with Gasteiger partial charge in [-0.25, -0.2) is 0 Å². The minimum atomic E-state index is 0.511. The van der Waals surface area contributed by atoms with Crippen molar-refractivity contribution in [1.82, 2.24) is 0 Å². The molecule has 0 aliphatic heterocycles. The fourth-order valence-corrected chi connectivity index (χ4v) is 2.44. The van der Waals surface area contributed by atoms with Crippen LogP contribution in [0.5, 0.6) is 0 Å². The third-order valence-corrected chi connectivity index (χ3v) is 3.33. The van der Waals surface area contributed by atoms with Gasteiger partial charge in [-0.15, -0.1) is 0 Å². The number of carbonyl (C=O) groups excluding carboxylic acids is 1. The first-order valence-corrected chi connectivity index (χ1v) is 6.76. The molecule has 0 saturated heterocycles. The molecule has 19 heavy (non-hydrogen) atoms. The predicted octanol–water partition coefficient (Wildman–Crippen LogP) is 3.83. The summed E-state index contributed by atoms with van der Waals surface area (Å²) in [6.45, 7) is 4.29. The minimum absolute atomic E-state index is 0.511. The summed E-state index contributed by atoms with van der Waals surface area (Å²) < 4.78 is 0. The topological polar surface area (TPSA) is 17.1 Å². The molecule has 0 unspecified atom stereocenters. The van der Waals surface area contributed by atoms with Crippen LogP contribution in [0, 0.1) is 13.8 Å². The molecule has 2 aromatic rings. The van der Waals surface area contributed by atoms with Crippen molar-refractivity contribution in [3.63, 3.8) is 0 Å². The normalized spacial score (nSPS) is 10.4. The molecule has 98 valence electrons. The first-order chi connectivity index (χ1) is 9.17. The van der Waals surface area contributed by atoms with Crippen LogP contribution in [0.25, 0.3) is 0 Å². The number of rotatable bonds is 5. The molecule has 0 atom stereocenters. The van der Waals surface area contributed by atoms with E-state index in [1.807, 2.05) is 12.1 Å². The van der Waals surface area contributed by atoms with Crippen molar-refractivity contribution in [2.75, 3.05) is 0 Å². The maximum atomic E-state index is 10.4. The highest BCUT2D eigenvalue weighted by molar-refractivity contribution is 5.54. The van der Waals surface area contributed by atoms with E-state index < -0.39 is 0 Å². The lowest BCUT2D eigenvalue weighted by atomic mass is 10.00. The van der Waals surface area contributed by atoms with E-state index in [2.05, 4.69) is 44.2 Å². The number of hydrogen-bond donors (Lipinski definition) is 0. The first kappa shape index (κ1) is 13.5. The van der Waals surface area contributed by atoms with Crippen LogP contribution >= 0.6 is 0 Å². The second kappa shape index (κ2) is 6.33. The summed E-state index contributed by atoms with van der Waals surface area (Å²) in [4.78, 5) is 10.4. The van der Waals surface area contributed by atoms with Crippen LogP contribution < -0.4 is 0 Å². The zero-order chi connectivity index (χ0) is 13.7. The van der Waals surface area contributed by atoms with E-state index in [9.17, 15) is 4.79 Å². The lowest BCUT2D eigenvalue weighted by molar-refractivity contribution is -0.107. The first-order valence-electron chi connectivity index (χ1n) is 6.76. The monoisotopic (exact) mass is 252 g/mol. The average Bonchev–Trinajstić information content (AvgIpc) is 2.37. The summed E-state index contributed by atoms with van der Waals surface area (Å²) in [7, 11) is 0. The zero-order valence-corrected chi connectivity index (χ0v) is 11.6. The predicted molar refractivity (Wildman–Crippen MR) is 79.5 cm³/mol. The van der Waals surface area contributed by atoms with Gasteiger partial charge < -0.3 is 4.79 Å². The van der Waals surface area contributed by atoms with Gasteiger partial charge >= 0.3 is 0 Å². The van der Waals surface area contributed by atoms with Crippen LogP contribution in [0.3, 0.4) is 0 Å². The third kappa shape index (κ3) is 4.06. The van der Waals surface area contributed by atoms with Gasteiger partial charge in [0.15, 0.2) is 0 Å². The smallest absolute Gasteiger partial charge is 0.124 e. The van der Waals surface area contributed by atoms with Crippen molar-refractivity contribution in [2.24, 2.45) is 0 Å². The number of carbonyl (C=O) groups is 1. The largest absolute Gasteiger partial charge is 0.303 e. The summed E-state index contributed by atoms with van der Waals surface area (Å²) >= 11 is 0. The summed E-state index contributed by atoms with van der Waals surface area (Å²) in [5.74, 6) is 0. The molecule has 0 heterocycles. The number of benzene rings is 2. The van der Waals surface area contributed by atoms with Gasteiger partial charge in [0, 0.05) is 6.42 Å². The van der Waals surface area contributed by atoms with Crippen molar-refractivity contribution in [3.05, 3.63) is 70.3 Å². The van der Waals surface area contributed by atoms with E-state index in [4.69, 9.17) is 0 Å².